The number of rotatable bonds is 7. The van der Waals surface area contributed by atoms with Crippen molar-refractivity contribution in [2.75, 3.05) is 7.11 Å². The van der Waals surface area contributed by atoms with E-state index in [9.17, 15) is 4.79 Å². The third-order valence-corrected chi connectivity index (χ3v) is 5.77. The molecule has 1 amide bonds. The minimum atomic E-state index is -0.284. The Kier molecular flexibility index (Phi) is 5.73. The summed E-state index contributed by atoms with van der Waals surface area (Å²) in [5.41, 5.74) is 9.06. The molecule has 0 radical (unpaired) electrons. The fraction of sp³-hybridized carbons (Fsp3) is 0.160. The summed E-state index contributed by atoms with van der Waals surface area (Å²) in [7, 11) is 1.65. The van der Waals surface area contributed by atoms with Crippen LogP contribution in [-0.4, -0.2) is 43.2 Å². The Morgan fingerprint density at radius 1 is 1.12 bits per heavy atom. The van der Waals surface area contributed by atoms with Crippen LogP contribution in [0.1, 0.15) is 22.6 Å². The van der Waals surface area contributed by atoms with E-state index >= 15 is 0 Å². The summed E-state index contributed by atoms with van der Waals surface area (Å²) in [6.07, 6.45) is 12.9. The van der Waals surface area contributed by atoms with Gasteiger partial charge in [-0.2, -0.15) is 5.10 Å². The highest BCUT2D eigenvalue weighted by atomic mass is 16.5. The predicted molar refractivity (Wildman–Crippen MR) is 128 cm³/mol. The van der Waals surface area contributed by atoms with Gasteiger partial charge in [-0.15, -0.1) is 0 Å². The van der Waals surface area contributed by atoms with E-state index in [0.29, 0.717) is 17.0 Å². The van der Waals surface area contributed by atoms with Gasteiger partial charge < -0.3 is 14.3 Å². The first kappa shape index (κ1) is 21.3. The highest BCUT2D eigenvalue weighted by Crippen LogP contribution is 2.34. The normalized spacial score (nSPS) is 14.4. The van der Waals surface area contributed by atoms with Crippen LogP contribution in [0.2, 0.25) is 0 Å². The van der Waals surface area contributed by atoms with Gasteiger partial charge in [-0.1, -0.05) is 12.1 Å². The molecule has 0 unspecified atom stereocenters. The van der Waals surface area contributed by atoms with Crippen LogP contribution < -0.4 is 10.2 Å². The number of H-pyrrole nitrogens is 1. The average Bonchev–Trinajstić information content (AvgIpc) is 3.59. The number of carbonyl (C=O) groups is 1. The second kappa shape index (κ2) is 9.14. The number of nitrogens with zero attached hydrogens (tertiary/aromatic N) is 5. The largest absolute Gasteiger partial charge is 0.497 e. The second-order valence-corrected chi connectivity index (χ2v) is 7.85. The van der Waals surface area contributed by atoms with E-state index < -0.39 is 0 Å². The maximum absolute atomic E-state index is 12.7. The molecule has 170 valence electrons. The van der Waals surface area contributed by atoms with Crippen LogP contribution in [0, 0.1) is 6.92 Å². The van der Waals surface area contributed by atoms with Crippen LogP contribution >= 0.6 is 0 Å². The zero-order chi connectivity index (χ0) is 23.5. The summed E-state index contributed by atoms with van der Waals surface area (Å²) in [4.78, 5) is 28.7. The number of hydrazone groups is 1. The molecular formula is C25H23N7O2. The van der Waals surface area contributed by atoms with Gasteiger partial charge in [-0.3, -0.25) is 14.8 Å². The summed E-state index contributed by atoms with van der Waals surface area (Å²) in [5, 5.41) is 4.19. The number of amides is 1. The Morgan fingerprint density at radius 3 is 2.68 bits per heavy atom. The van der Waals surface area contributed by atoms with Crippen molar-refractivity contribution in [2.45, 2.75) is 19.9 Å². The molecule has 5 rings (SSSR count). The van der Waals surface area contributed by atoms with Gasteiger partial charge in [0.2, 0.25) is 0 Å². The Labute approximate surface area is 196 Å². The summed E-state index contributed by atoms with van der Waals surface area (Å²) in [6.45, 7) is 2.83. The minimum Gasteiger partial charge on any atom is -0.497 e. The molecule has 2 N–H and O–H groups in total. The molecule has 4 heterocycles. The topological polar surface area (TPSA) is 110 Å². The fourth-order valence-corrected chi connectivity index (χ4v) is 4.09. The van der Waals surface area contributed by atoms with Crippen LogP contribution in [0.4, 0.5) is 0 Å². The first-order chi connectivity index (χ1) is 16.6. The van der Waals surface area contributed by atoms with Crippen LogP contribution in [0.25, 0.3) is 17.2 Å². The first-order valence-electron chi connectivity index (χ1n) is 10.8. The van der Waals surface area contributed by atoms with E-state index in [1.54, 1.807) is 31.9 Å². The van der Waals surface area contributed by atoms with Crippen LogP contribution in [0.3, 0.4) is 0 Å². The summed E-state index contributed by atoms with van der Waals surface area (Å²) in [6, 6.07) is 7.92. The number of aromatic amines is 1. The van der Waals surface area contributed by atoms with Crippen molar-refractivity contribution in [3.8, 4) is 16.9 Å². The number of carbonyl (C=O) groups excluding carboxylic acids is 1. The molecular weight excluding hydrogens is 430 g/mol. The molecule has 34 heavy (non-hydrogen) atoms. The van der Waals surface area contributed by atoms with Crippen molar-refractivity contribution in [2.24, 2.45) is 5.10 Å². The van der Waals surface area contributed by atoms with E-state index in [1.807, 2.05) is 54.4 Å². The Balaban J connectivity index is 1.60. The molecule has 9 nitrogen and oxygen atoms in total. The molecule has 0 aliphatic carbocycles. The lowest BCUT2D eigenvalue weighted by Gasteiger charge is -2.09. The molecule has 0 atom stereocenters. The van der Waals surface area contributed by atoms with Crippen LogP contribution in [0.5, 0.6) is 5.75 Å². The van der Waals surface area contributed by atoms with E-state index in [1.165, 1.54) is 5.56 Å². The third kappa shape index (κ3) is 4.11. The Bertz CT molecular complexity index is 1370. The fourth-order valence-electron chi connectivity index (χ4n) is 4.09. The molecule has 0 saturated heterocycles. The minimum absolute atomic E-state index is 0.284. The van der Waals surface area contributed by atoms with E-state index in [0.717, 1.165) is 41.2 Å². The predicted octanol–water partition coefficient (Wildman–Crippen LogP) is 3.15. The van der Waals surface area contributed by atoms with Crippen molar-refractivity contribution in [1.82, 2.24) is 29.9 Å². The van der Waals surface area contributed by atoms with Crippen molar-refractivity contribution in [3.05, 3.63) is 89.8 Å². The molecule has 1 aromatic carbocycles. The van der Waals surface area contributed by atoms with Crippen molar-refractivity contribution < 1.29 is 9.53 Å². The molecule has 1 aliphatic heterocycles. The zero-order valence-electron chi connectivity index (χ0n) is 18.8. The summed E-state index contributed by atoms with van der Waals surface area (Å²) < 4.78 is 7.39. The average molecular weight is 454 g/mol. The molecule has 0 bridgehead atoms. The monoisotopic (exact) mass is 453 g/mol. The molecule has 9 heteroatoms. The maximum Gasteiger partial charge on any atom is 0.273 e. The standard InChI is InChI=1S/C25H23N7O2/c1-16-19(7-11-32-12-10-27-15-32)23(17-3-5-18(34-2)6-4-17)21(29-16)13-20-24(30-31-25(20)33)22-14-26-8-9-28-22/h3-6,8-10,12-15,29H,7,11H2,1-2H3,(H,31,33). The lowest BCUT2D eigenvalue weighted by atomic mass is 9.96. The van der Waals surface area contributed by atoms with Crippen molar-refractivity contribution >= 4 is 17.7 Å². The number of hydrogen-bond acceptors (Lipinski definition) is 6. The Morgan fingerprint density at radius 2 is 1.97 bits per heavy atom. The number of imidazole rings is 1. The lowest BCUT2D eigenvalue weighted by molar-refractivity contribution is -0.116. The molecule has 0 spiro atoms. The molecule has 0 fully saturated rings. The van der Waals surface area contributed by atoms with E-state index in [-0.39, 0.29) is 5.91 Å². The molecule has 4 aromatic rings. The van der Waals surface area contributed by atoms with Crippen molar-refractivity contribution in [3.63, 3.8) is 0 Å². The van der Waals surface area contributed by atoms with Gasteiger partial charge in [-0.05, 0) is 42.7 Å². The summed E-state index contributed by atoms with van der Waals surface area (Å²) >= 11 is 0. The number of hydrogen-bond donors (Lipinski definition) is 2. The maximum atomic E-state index is 12.7. The molecule has 1 aliphatic rings. The van der Waals surface area contributed by atoms with E-state index in [2.05, 4.69) is 30.5 Å². The third-order valence-electron chi connectivity index (χ3n) is 5.77. The SMILES string of the molecule is COc1ccc(-c2c(C=C3C(=O)NN=C3c3cnccn3)[nH]c(C)c2CCn2ccnc2)cc1. The van der Waals surface area contributed by atoms with Crippen molar-refractivity contribution in [1.29, 1.82) is 0 Å². The van der Waals surface area contributed by atoms with Gasteiger partial charge in [0.05, 0.1) is 25.2 Å². The van der Waals surface area contributed by atoms with Crippen LogP contribution in [-0.2, 0) is 17.8 Å². The number of benzene rings is 1. The van der Waals surface area contributed by atoms with Gasteiger partial charge in [0, 0.05) is 48.3 Å². The molecule has 0 saturated carbocycles. The number of methoxy groups -OCH3 is 1. The number of aromatic nitrogens is 5. The van der Waals surface area contributed by atoms with Gasteiger partial charge >= 0.3 is 0 Å². The summed E-state index contributed by atoms with van der Waals surface area (Å²) in [5.74, 6) is 0.497. The first-order valence-corrected chi connectivity index (χ1v) is 10.8. The number of nitrogens with one attached hydrogen (secondary N) is 2. The zero-order valence-corrected chi connectivity index (χ0v) is 18.8. The van der Waals surface area contributed by atoms with Gasteiger partial charge in [0.1, 0.15) is 17.2 Å². The van der Waals surface area contributed by atoms with Crippen LogP contribution in [0.15, 0.2) is 72.3 Å². The van der Waals surface area contributed by atoms with Gasteiger partial charge in [0.15, 0.2) is 0 Å². The van der Waals surface area contributed by atoms with E-state index in [4.69, 9.17) is 4.74 Å². The quantitative estimate of drug-likeness (QED) is 0.418. The number of ether oxygens (including phenoxy) is 1. The number of aryl methyl sites for hydroxylation is 2. The smallest absolute Gasteiger partial charge is 0.273 e. The highest BCUT2D eigenvalue weighted by Gasteiger charge is 2.26. The van der Waals surface area contributed by atoms with Gasteiger partial charge in [-0.25, -0.2) is 10.4 Å². The lowest BCUT2D eigenvalue weighted by Crippen LogP contribution is -2.14. The molecule has 3 aromatic heterocycles. The van der Waals surface area contributed by atoms with Gasteiger partial charge in [0.25, 0.3) is 5.91 Å². The highest BCUT2D eigenvalue weighted by molar-refractivity contribution is 6.32. The Hall–Kier alpha value is -4.53. The second-order valence-electron chi connectivity index (χ2n) is 7.85.